The van der Waals surface area contributed by atoms with E-state index in [0.29, 0.717) is 5.57 Å². The maximum absolute atomic E-state index is 9.26. The third kappa shape index (κ3) is 3.69. The van der Waals surface area contributed by atoms with E-state index in [-0.39, 0.29) is 0 Å². The number of nitriles is 1. The highest BCUT2D eigenvalue weighted by Gasteiger charge is 2.12. The van der Waals surface area contributed by atoms with Gasteiger partial charge in [0.1, 0.15) is 6.17 Å². The Bertz CT molecular complexity index is 603. The smallest absolute Gasteiger partial charge is 0.136 e. The van der Waals surface area contributed by atoms with Crippen LogP contribution in [0.2, 0.25) is 0 Å². The van der Waals surface area contributed by atoms with Crippen LogP contribution in [0.15, 0.2) is 66.2 Å². The quantitative estimate of drug-likeness (QED) is 0.441. The molecule has 20 heavy (non-hydrogen) atoms. The molecule has 0 aliphatic carbocycles. The lowest BCUT2D eigenvalue weighted by molar-refractivity contribution is 0.150. The molecular weight excluding hydrogens is 250 g/mol. The minimum absolute atomic E-state index is 0.391. The molecule has 0 fully saturated rings. The highest BCUT2D eigenvalue weighted by Crippen LogP contribution is 2.13. The molecule has 0 saturated carbocycles. The molecular formula is C16H15N3O. The monoisotopic (exact) mass is 265 g/mol. The van der Waals surface area contributed by atoms with Crippen LogP contribution in [0.25, 0.3) is 6.08 Å². The van der Waals surface area contributed by atoms with E-state index in [1.54, 1.807) is 6.08 Å². The van der Waals surface area contributed by atoms with Crippen molar-refractivity contribution in [2.24, 2.45) is 0 Å². The molecule has 0 unspecified atom stereocenters. The number of hydrogen-bond donors (Lipinski definition) is 3. The molecule has 0 saturated heterocycles. The Labute approximate surface area is 117 Å². The molecule has 4 heteroatoms. The number of hydrogen-bond acceptors (Lipinski definition) is 4. The zero-order valence-corrected chi connectivity index (χ0v) is 10.8. The maximum atomic E-state index is 9.26. The summed E-state index contributed by atoms with van der Waals surface area (Å²) in [5, 5.41) is 21.6. The van der Waals surface area contributed by atoms with Gasteiger partial charge >= 0.3 is 0 Å². The fraction of sp³-hybridized carbons (Fsp3) is 0.0625. The van der Waals surface area contributed by atoms with Crippen molar-refractivity contribution >= 4 is 11.8 Å². The second kappa shape index (κ2) is 7.10. The average Bonchev–Trinajstić information content (AvgIpc) is 2.52. The van der Waals surface area contributed by atoms with Gasteiger partial charge in [0, 0.05) is 5.69 Å². The van der Waals surface area contributed by atoms with E-state index in [1.165, 1.54) is 0 Å². The second-order valence-electron chi connectivity index (χ2n) is 4.19. The fourth-order valence-electron chi connectivity index (χ4n) is 1.79. The molecule has 4 nitrogen and oxygen atoms in total. The molecule has 0 heterocycles. The summed E-state index contributed by atoms with van der Waals surface area (Å²) >= 11 is 0. The van der Waals surface area contributed by atoms with Gasteiger partial charge in [-0.1, -0.05) is 48.5 Å². The topological polar surface area (TPSA) is 68.1 Å². The van der Waals surface area contributed by atoms with E-state index < -0.39 is 6.17 Å². The number of anilines is 1. The Morgan fingerprint density at radius 1 is 1.05 bits per heavy atom. The van der Waals surface area contributed by atoms with Crippen molar-refractivity contribution in [2.45, 2.75) is 6.17 Å². The summed E-state index contributed by atoms with van der Waals surface area (Å²) in [7, 11) is 0. The minimum Gasteiger partial charge on any atom is -0.364 e. The van der Waals surface area contributed by atoms with Gasteiger partial charge < -0.3 is 10.5 Å². The van der Waals surface area contributed by atoms with Gasteiger partial charge in [0.05, 0.1) is 11.6 Å². The average molecular weight is 265 g/mol. The van der Waals surface area contributed by atoms with E-state index in [9.17, 15) is 10.5 Å². The van der Waals surface area contributed by atoms with Crippen molar-refractivity contribution in [3.8, 4) is 6.07 Å². The van der Waals surface area contributed by atoms with Crippen molar-refractivity contribution < 1.29 is 5.21 Å². The lowest BCUT2D eigenvalue weighted by Gasteiger charge is -2.17. The number of nitrogens with one attached hydrogen (secondary N) is 2. The van der Waals surface area contributed by atoms with Crippen LogP contribution >= 0.6 is 0 Å². The zero-order chi connectivity index (χ0) is 14.2. The molecule has 0 radical (unpaired) electrons. The molecule has 0 aromatic heterocycles. The van der Waals surface area contributed by atoms with Crippen LogP contribution in [0, 0.1) is 11.3 Å². The lowest BCUT2D eigenvalue weighted by Crippen LogP contribution is -2.35. The molecule has 0 aliphatic rings. The predicted molar refractivity (Wildman–Crippen MR) is 78.8 cm³/mol. The van der Waals surface area contributed by atoms with E-state index in [4.69, 9.17) is 0 Å². The van der Waals surface area contributed by atoms with Crippen LogP contribution in [0.4, 0.5) is 5.69 Å². The predicted octanol–water partition coefficient (Wildman–Crippen LogP) is 3.01. The third-order valence-electron chi connectivity index (χ3n) is 2.78. The third-order valence-corrected chi connectivity index (χ3v) is 2.78. The van der Waals surface area contributed by atoms with Crippen molar-refractivity contribution in [3.63, 3.8) is 0 Å². The molecule has 2 aromatic rings. The SMILES string of the molecule is N#C/C(=C/c1ccccc1)[C@@H](NO)Nc1ccccc1. The van der Waals surface area contributed by atoms with Gasteiger partial charge in [0.25, 0.3) is 0 Å². The first-order chi connectivity index (χ1) is 9.83. The Balaban J connectivity index is 2.20. The molecule has 2 rings (SSSR count). The highest BCUT2D eigenvalue weighted by atomic mass is 16.5. The van der Waals surface area contributed by atoms with Crippen molar-refractivity contribution in [1.29, 1.82) is 5.26 Å². The Hall–Kier alpha value is -2.61. The largest absolute Gasteiger partial charge is 0.364 e. The van der Waals surface area contributed by atoms with Gasteiger partial charge in [-0.15, -0.1) is 0 Å². The summed E-state index contributed by atoms with van der Waals surface area (Å²) in [4.78, 5) is 0. The molecule has 3 N–H and O–H groups in total. The molecule has 100 valence electrons. The van der Waals surface area contributed by atoms with Gasteiger partial charge in [-0.05, 0) is 23.8 Å². The normalized spacial score (nSPS) is 12.5. The Morgan fingerprint density at radius 3 is 2.20 bits per heavy atom. The Kier molecular flexibility index (Phi) is 4.90. The van der Waals surface area contributed by atoms with Gasteiger partial charge in [0.2, 0.25) is 0 Å². The molecule has 0 spiro atoms. The van der Waals surface area contributed by atoms with Gasteiger partial charge in [-0.2, -0.15) is 10.7 Å². The molecule has 1 atom stereocenters. The van der Waals surface area contributed by atoms with Crippen LogP contribution in [-0.2, 0) is 0 Å². The van der Waals surface area contributed by atoms with Crippen LogP contribution in [0.1, 0.15) is 5.56 Å². The highest BCUT2D eigenvalue weighted by molar-refractivity contribution is 5.60. The molecule has 0 amide bonds. The summed E-state index contributed by atoms with van der Waals surface area (Å²) in [6.45, 7) is 0. The first kappa shape index (κ1) is 13.8. The second-order valence-corrected chi connectivity index (χ2v) is 4.19. The van der Waals surface area contributed by atoms with Crippen LogP contribution in [-0.4, -0.2) is 11.4 Å². The van der Waals surface area contributed by atoms with E-state index in [0.717, 1.165) is 11.3 Å². The lowest BCUT2D eigenvalue weighted by atomic mass is 10.1. The van der Waals surface area contributed by atoms with Crippen LogP contribution < -0.4 is 10.8 Å². The molecule has 0 aliphatic heterocycles. The van der Waals surface area contributed by atoms with Crippen molar-refractivity contribution in [1.82, 2.24) is 5.48 Å². The van der Waals surface area contributed by atoms with E-state index in [2.05, 4.69) is 16.9 Å². The van der Waals surface area contributed by atoms with Crippen LogP contribution in [0.3, 0.4) is 0 Å². The van der Waals surface area contributed by atoms with Crippen LogP contribution in [0.5, 0.6) is 0 Å². The van der Waals surface area contributed by atoms with Gasteiger partial charge in [0.15, 0.2) is 0 Å². The van der Waals surface area contributed by atoms with E-state index in [1.807, 2.05) is 60.7 Å². The first-order valence-electron chi connectivity index (χ1n) is 6.21. The molecule has 2 aromatic carbocycles. The van der Waals surface area contributed by atoms with Crippen molar-refractivity contribution in [3.05, 3.63) is 71.8 Å². The standard InChI is InChI=1S/C16H15N3O/c17-12-14(11-13-7-3-1-4-8-13)16(19-20)18-15-9-5-2-6-10-15/h1-11,16,18-20H/b14-11-/t16-/m1/s1. The fourth-order valence-corrected chi connectivity index (χ4v) is 1.79. The van der Waals surface area contributed by atoms with Gasteiger partial charge in [-0.25, -0.2) is 0 Å². The summed E-state index contributed by atoms with van der Waals surface area (Å²) in [6.07, 6.45) is 1.06. The molecule has 0 bridgehead atoms. The number of para-hydroxylation sites is 1. The zero-order valence-electron chi connectivity index (χ0n) is 10.8. The Morgan fingerprint density at radius 2 is 1.65 bits per heavy atom. The number of benzene rings is 2. The summed E-state index contributed by atoms with van der Waals surface area (Å²) in [5.74, 6) is 0. The first-order valence-corrected chi connectivity index (χ1v) is 6.21. The number of nitrogens with zero attached hydrogens (tertiary/aromatic N) is 1. The maximum Gasteiger partial charge on any atom is 0.136 e. The van der Waals surface area contributed by atoms with E-state index >= 15 is 0 Å². The van der Waals surface area contributed by atoms with Crippen molar-refractivity contribution in [2.75, 3.05) is 5.32 Å². The summed E-state index contributed by atoms with van der Waals surface area (Å²) in [5.41, 5.74) is 4.23. The number of hydroxylamine groups is 1. The number of rotatable bonds is 5. The minimum atomic E-state index is -0.664. The summed E-state index contributed by atoms with van der Waals surface area (Å²) < 4.78 is 0. The summed E-state index contributed by atoms with van der Waals surface area (Å²) in [6, 6.07) is 21.0. The van der Waals surface area contributed by atoms with Gasteiger partial charge in [-0.3, -0.25) is 0 Å².